The van der Waals surface area contributed by atoms with Gasteiger partial charge in [-0.3, -0.25) is 9.59 Å². The van der Waals surface area contributed by atoms with Gasteiger partial charge in [0.2, 0.25) is 11.8 Å². The maximum Gasteiger partial charge on any atom is 0.248 e. The fraction of sp³-hybridized carbons (Fsp3) is 0.238. The first-order chi connectivity index (χ1) is 13.1. The molecule has 0 aliphatic carbocycles. The molecule has 27 heavy (non-hydrogen) atoms. The van der Waals surface area contributed by atoms with Crippen LogP contribution in [0.25, 0.3) is 6.08 Å². The van der Waals surface area contributed by atoms with E-state index in [1.807, 2.05) is 24.3 Å². The third-order valence-electron chi connectivity index (χ3n) is 4.32. The second-order valence-electron chi connectivity index (χ2n) is 6.16. The van der Waals surface area contributed by atoms with Gasteiger partial charge < -0.3 is 19.7 Å². The molecule has 2 aromatic carbocycles. The molecule has 1 saturated heterocycles. The Labute approximate surface area is 158 Å². The molecule has 1 aliphatic heterocycles. The molecule has 2 amide bonds. The summed E-state index contributed by atoms with van der Waals surface area (Å²) < 4.78 is 10.4. The minimum atomic E-state index is -0.248. The molecule has 0 unspecified atom stereocenters. The van der Waals surface area contributed by atoms with Crippen molar-refractivity contribution < 1.29 is 19.1 Å². The monoisotopic (exact) mass is 366 g/mol. The maximum atomic E-state index is 12.2. The zero-order chi connectivity index (χ0) is 19.2. The first-order valence-electron chi connectivity index (χ1n) is 8.71. The zero-order valence-electron chi connectivity index (χ0n) is 15.4. The van der Waals surface area contributed by atoms with Crippen LogP contribution in [0.5, 0.6) is 11.5 Å². The fourth-order valence-corrected chi connectivity index (χ4v) is 2.93. The van der Waals surface area contributed by atoms with Gasteiger partial charge >= 0.3 is 0 Å². The Kier molecular flexibility index (Phi) is 5.76. The van der Waals surface area contributed by atoms with Gasteiger partial charge in [-0.25, -0.2) is 0 Å². The van der Waals surface area contributed by atoms with Crippen molar-refractivity contribution in [2.45, 2.75) is 12.8 Å². The van der Waals surface area contributed by atoms with E-state index in [1.54, 1.807) is 43.4 Å². The summed E-state index contributed by atoms with van der Waals surface area (Å²) in [4.78, 5) is 25.7. The molecular weight excluding hydrogens is 344 g/mol. The number of nitrogens with one attached hydrogen (secondary N) is 1. The molecular formula is C21H22N2O4. The molecule has 0 spiro atoms. The Morgan fingerprint density at radius 1 is 1.07 bits per heavy atom. The number of hydrogen-bond acceptors (Lipinski definition) is 4. The third kappa shape index (κ3) is 4.67. The van der Waals surface area contributed by atoms with Crippen LogP contribution in [-0.2, 0) is 9.59 Å². The summed E-state index contributed by atoms with van der Waals surface area (Å²) in [5.74, 6) is 1.20. The van der Waals surface area contributed by atoms with Gasteiger partial charge in [0.1, 0.15) is 11.5 Å². The lowest BCUT2D eigenvalue weighted by Gasteiger charge is -2.15. The van der Waals surface area contributed by atoms with Gasteiger partial charge in [0, 0.05) is 36.5 Å². The lowest BCUT2D eigenvalue weighted by molar-refractivity contribution is -0.117. The van der Waals surface area contributed by atoms with E-state index in [9.17, 15) is 9.59 Å². The molecule has 0 bridgehead atoms. The van der Waals surface area contributed by atoms with Crippen molar-refractivity contribution in [3.63, 3.8) is 0 Å². The lowest BCUT2D eigenvalue weighted by atomic mass is 10.2. The van der Waals surface area contributed by atoms with Crippen LogP contribution < -0.4 is 19.7 Å². The number of methoxy groups -OCH3 is 2. The van der Waals surface area contributed by atoms with E-state index in [0.29, 0.717) is 23.6 Å². The number of amides is 2. The predicted molar refractivity (Wildman–Crippen MR) is 105 cm³/mol. The standard InChI is InChI=1S/C21H22N2O4/c1-26-18-12-15(13-19(14-18)27-2)5-10-20(24)22-16-6-8-17(9-7-16)23-11-3-4-21(23)25/h5-10,12-14H,3-4,11H2,1-2H3,(H,22,24)/b10-5+. The highest BCUT2D eigenvalue weighted by atomic mass is 16.5. The number of nitrogens with zero attached hydrogens (tertiary/aromatic N) is 1. The van der Waals surface area contributed by atoms with Gasteiger partial charge in [-0.2, -0.15) is 0 Å². The number of hydrogen-bond donors (Lipinski definition) is 1. The molecule has 140 valence electrons. The smallest absolute Gasteiger partial charge is 0.248 e. The molecule has 6 nitrogen and oxygen atoms in total. The van der Waals surface area contributed by atoms with Crippen LogP contribution in [0.15, 0.2) is 48.5 Å². The van der Waals surface area contributed by atoms with Crippen molar-refractivity contribution in [1.82, 2.24) is 0 Å². The van der Waals surface area contributed by atoms with E-state index in [4.69, 9.17) is 9.47 Å². The van der Waals surface area contributed by atoms with Crippen LogP contribution in [0.1, 0.15) is 18.4 Å². The predicted octanol–water partition coefficient (Wildman–Crippen LogP) is 3.48. The molecule has 6 heteroatoms. The third-order valence-corrected chi connectivity index (χ3v) is 4.32. The minimum absolute atomic E-state index is 0.142. The Balaban J connectivity index is 1.63. The second kappa shape index (κ2) is 8.40. The van der Waals surface area contributed by atoms with Gasteiger partial charge in [0.25, 0.3) is 0 Å². The molecule has 1 N–H and O–H groups in total. The van der Waals surface area contributed by atoms with E-state index >= 15 is 0 Å². The molecule has 2 aromatic rings. The van der Waals surface area contributed by atoms with Crippen LogP contribution >= 0.6 is 0 Å². The molecule has 0 aromatic heterocycles. The summed E-state index contributed by atoms with van der Waals surface area (Å²) >= 11 is 0. The van der Waals surface area contributed by atoms with Gasteiger partial charge in [0.05, 0.1) is 14.2 Å². The average Bonchev–Trinajstić information content (AvgIpc) is 3.12. The highest BCUT2D eigenvalue weighted by molar-refractivity contribution is 6.02. The number of carbonyl (C=O) groups excluding carboxylic acids is 2. The topological polar surface area (TPSA) is 67.9 Å². The van der Waals surface area contributed by atoms with E-state index in [-0.39, 0.29) is 11.8 Å². The van der Waals surface area contributed by atoms with E-state index in [0.717, 1.165) is 24.2 Å². The van der Waals surface area contributed by atoms with Crippen LogP contribution in [0, 0.1) is 0 Å². The highest BCUT2D eigenvalue weighted by Gasteiger charge is 2.21. The largest absolute Gasteiger partial charge is 0.497 e. The molecule has 1 heterocycles. The Morgan fingerprint density at radius 3 is 2.30 bits per heavy atom. The number of benzene rings is 2. The number of rotatable bonds is 6. The number of carbonyl (C=O) groups is 2. The second-order valence-corrected chi connectivity index (χ2v) is 6.16. The maximum absolute atomic E-state index is 12.2. The summed E-state index contributed by atoms with van der Waals surface area (Å²) in [6.07, 6.45) is 4.62. The first kappa shape index (κ1) is 18.5. The van der Waals surface area contributed by atoms with Gasteiger partial charge in [0.15, 0.2) is 0 Å². The quantitative estimate of drug-likeness (QED) is 0.795. The van der Waals surface area contributed by atoms with Crippen molar-refractivity contribution >= 4 is 29.3 Å². The SMILES string of the molecule is COc1cc(/C=C/C(=O)Nc2ccc(N3CCCC3=O)cc2)cc(OC)c1. The summed E-state index contributed by atoms with van der Waals surface area (Å²) in [6, 6.07) is 12.7. The van der Waals surface area contributed by atoms with Gasteiger partial charge in [-0.1, -0.05) is 0 Å². The van der Waals surface area contributed by atoms with Crippen molar-refractivity contribution in [3.8, 4) is 11.5 Å². The summed E-state index contributed by atoms with van der Waals surface area (Å²) in [5.41, 5.74) is 2.32. The van der Waals surface area contributed by atoms with Crippen molar-refractivity contribution in [1.29, 1.82) is 0 Å². The molecule has 0 saturated carbocycles. The zero-order valence-corrected chi connectivity index (χ0v) is 15.4. The normalized spacial score (nSPS) is 13.9. The van der Waals surface area contributed by atoms with E-state index < -0.39 is 0 Å². The van der Waals surface area contributed by atoms with Crippen molar-refractivity contribution in [2.24, 2.45) is 0 Å². The van der Waals surface area contributed by atoms with Crippen LogP contribution in [0.4, 0.5) is 11.4 Å². The van der Waals surface area contributed by atoms with Crippen molar-refractivity contribution in [2.75, 3.05) is 31.0 Å². The van der Waals surface area contributed by atoms with Crippen molar-refractivity contribution in [3.05, 3.63) is 54.1 Å². The molecule has 3 rings (SSSR count). The minimum Gasteiger partial charge on any atom is -0.497 e. The Hall–Kier alpha value is -3.28. The van der Waals surface area contributed by atoms with Crippen LogP contribution in [0.3, 0.4) is 0 Å². The Morgan fingerprint density at radius 2 is 1.74 bits per heavy atom. The number of ether oxygens (including phenoxy) is 2. The average molecular weight is 366 g/mol. The Bertz CT molecular complexity index is 837. The van der Waals surface area contributed by atoms with E-state index in [2.05, 4.69) is 5.32 Å². The summed E-state index contributed by atoms with van der Waals surface area (Å²) in [5, 5.41) is 2.81. The molecule has 0 atom stereocenters. The van der Waals surface area contributed by atoms with Gasteiger partial charge in [-0.15, -0.1) is 0 Å². The van der Waals surface area contributed by atoms with Crippen LogP contribution in [0.2, 0.25) is 0 Å². The van der Waals surface area contributed by atoms with Gasteiger partial charge in [-0.05, 0) is 54.5 Å². The number of anilines is 2. The highest BCUT2D eigenvalue weighted by Crippen LogP contribution is 2.24. The molecule has 1 aliphatic rings. The molecule has 1 fully saturated rings. The van der Waals surface area contributed by atoms with Crippen LogP contribution in [-0.4, -0.2) is 32.6 Å². The first-order valence-corrected chi connectivity index (χ1v) is 8.71. The summed E-state index contributed by atoms with van der Waals surface area (Å²) in [6.45, 7) is 0.747. The fourth-order valence-electron chi connectivity index (χ4n) is 2.93. The summed E-state index contributed by atoms with van der Waals surface area (Å²) in [7, 11) is 3.16. The molecule has 0 radical (unpaired) electrons. The van der Waals surface area contributed by atoms with E-state index in [1.165, 1.54) is 6.08 Å². The lowest BCUT2D eigenvalue weighted by Crippen LogP contribution is -2.23.